The Labute approximate surface area is 118 Å². The fourth-order valence-corrected chi connectivity index (χ4v) is 4.81. The molecule has 20 heavy (non-hydrogen) atoms. The molecular formula is C15H19N3O2. The first-order valence-electron chi connectivity index (χ1n) is 7.62. The van der Waals surface area contributed by atoms with Crippen molar-refractivity contribution in [2.24, 2.45) is 23.7 Å². The summed E-state index contributed by atoms with van der Waals surface area (Å²) in [7, 11) is 0. The van der Waals surface area contributed by atoms with Gasteiger partial charge in [0, 0.05) is 0 Å². The van der Waals surface area contributed by atoms with Crippen molar-refractivity contribution >= 4 is 0 Å². The fraction of sp³-hybridized carbons (Fsp3) is 0.800. The quantitative estimate of drug-likeness (QED) is 0.842. The molecule has 0 aliphatic heterocycles. The van der Waals surface area contributed by atoms with Crippen LogP contribution in [0.3, 0.4) is 0 Å². The highest BCUT2D eigenvalue weighted by atomic mass is 16.5. The molecule has 4 saturated carbocycles. The minimum Gasteiger partial charge on any atom is -0.368 e. The minimum absolute atomic E-state index is 0.196. The smallest absolute Gasteiger partial charge is 0.252 e. The third kappa shape index (κ3) is 2.12. The predicted molar refractivity (Wildman–Crippen MR) is 69.2 cm³/mol. The summed E-state index contributed by atoms with van der Waals surface area (Å²) in [6.45, 7) is 0.394. The zero-order valence-electron chi connectivity index (χ0n) is 11.5. The van der Waals surface area contributed by atoms with Crippen molar-refractivity contribution in [3.63, 3.8) is 0 Å². The van der Waals surface area contributed by atoms with Crippen LogP contribution >= 0.6 is 0 Å². The van der Waals surface area contributed by atoms with Gasteiger partial charge in [0.25, 0.3) is 5.89 Å². The molecule has 0 radical (unpaired) electrons. The standard InChI is InChI=1S/C15H19N3O2/c16-2-1-13-17-14(20-18-13)8-19-15-11-4-9-3-10(6-11)7-12(15)5-9/h9-12,15H,1,3-8H2. The van der Waals surface area contributed by atoms with Crippen molar-refractivity contribution in [1.29, 1.82) is 5.26 Å². The van der Waals surface area contributed by atoms with Crippen LogP contribution in [0.5, 0.6) is 0 Å². The number of ether oxygens (including phenoxy) is 1. The predicted octanol–water partition coefficient (Wildman–Crippen LogP) is 2.48. The van der Waals surface area contributed by atoms with Gasteiger partial charge in [-0.25, -0.2) is 0 Å². The van der Waals surface area contributed by atoms with E-state index >= 15 is 0 Å². The van der Waals surface area contributed by atoms with Crippen LogP contribution in [0.1, 0.15) is 43.8 Å². The summed E-state index contributed by atoms with van der Waals surface area (Å²) in [6.07, 6.45) is 7.43. The molecular weight excluding hydrogens is 254 g/mol. The molecule has 0 unspecified atom stereocenters. The third-order valence-electron chi connectivity index (χ3n) is 5.29. The van der Waals surface area contributed by atoms with Gasteiger partial charge < -0.3 is 9.26 Å². The lowest BCUT2D eigenvalue weighted by molar-refractivity contribution is -0.135. The van der Waals surface area contributed by atoms with E-state index in [4.69, 9.17) is 14.5 Å². The van der Waals surface area contributed by atoms with E-state index in [0.29, 0.717) is 24.4 Å². The summed E-state index contributed by atoms with van der Waals surface area (Å²) in [5.41, 5.74) is 0. The molecule has 4 fully saturated rings. The maximum absolute atomic E-state index is 8.60. The Morgan fingerprint density at radius 3 is 2.50 bits per heavy atom. The van der Waals surface area contributed by atoms with Crippen molar-refractivity contribution in [1.82, 2.24) is 10.1 Å². The highest BCUT2D eigenvalue weighted by Crippen LogP contribution is 2.54. The van der Waals surface area contributed by atoms with Crippen LogP contribution in [0.4, 0.5) is 0 Å². The largest absolute Gasteiger partial charge is 0.368 e. The molecule has 5 heteroatoms. The van der Waals surface area contributed by atoms with Crippen molar-refractivity contribution in [3.05, 3.63) is 11.7 Å². The molecule has 1 heterocycles. The molecule has 4 bridgehead atoms. The van der Waals surface area contributed by atoms with E-state index in [0.717, 1.165) is 23.7 Å². The van der Waals surface area contributed by atoms with Crippen molar-refractivity contribution in [3.8, 4) is 6.07 Å². The highest BCUT2D eigenvalue weighted by Gasteiger charge is 2.48. The van der Waals surface area contributed by atoms with Crippen LogP contribution in [-0.4, -0.2) is 16.2 Å². The first kappa shape index (κ1) is 12.3. The second-order valence-corrected chi connectivity index (χ2v) is 6.65. The van der Waals surface area contributed by atoms with Crippen molar-refractivity contribution in [2.75, 3.05) is 0 Å². The second-order valence-electron chi connectivity index (χ2n) is 6.65. The molecule has 0 atom stereocenters. The van der Waals surface area contributed by atoms with Gasteiger partial charge in [-0.2, -0.15) is 10.2 Å². The zero-order chi connectivity index (χ0) is 13.5. The maximum atomic E-state index is 8.60. The summed E-state index contributed by atoms with van der Waals surface area (Å²) >= 11 is 0. The van der Waals surface area contributed by atoms with E-state index in [9.17, 15) is 0 Å². The summed E-state index contributed by atoms with van der Waals surface area (Å²) in [5.74, 6) is 4.37. The lowest BCUT2D eigenvalue weighted by Gasteiger charge is -2.53. The van der Waals surface area contributed by atoms with Crippen LogP contribution in [0.25, 0.3) is 0 Å². The number of hydrogen-bond acceptors (Lipinski definition) is 5. The summed E-state index contributed by atoms with van der Waals surface area (Å²) in [5, 5.41) is 12.4. The Morgan fingerprint density at radius 1 is 1.15 bits per heavy atom. The van der Waals surface area contributed by atoms with Gasteiger partial charge in [0.05, 0.1) is 18.6 Å². The molecule has 0 N–H and O–H groups in total. The van der Waals surface area contributed by atoms with E-state index in [2.05, 4.69) is 10.1 Å². The molecule has 4 aliphatic rings. The monoisotopic (exact) mass is 273 g/mol. The second kappa shape index (κ2) is 4.85. The van der Waals surface area contributed by atoms with Crippen LogP contribution in [-0.2, 0) is 17.8 Å². The number of aromatic nitrogens is 2. The molecule has 0 aromatic carbocycles. The maximum Gasteiger partial charge on any atom is 0.252 e. The van der Waals surface area contributed by atoms with Crippen LogP contribution in [0.2, 0.25) is 0 Å². The minimum atomic E-state index is 0.196. The first-order valence-corrected chi connectivity index (χ1v) is 7.62. The SMILES string of the molecule is N#CCc1noc(COC2C3CC4CC(C3)CC2C4)n1. The summed E-state index contributed by atoms with van der Waals surface area (Å²) in [4.78, 5) is 4.18. The van der Waals surface area contributed by atoms with Gasteiger partial charge in [0.1, 0.15) is 6.61 Å². The van der Waals surface area contributed by atoms with Gasteiger partial charge in [0.15, 0.2) is 5.82 Å². The number of nitrogens with zero attached hydrogens (tertiary/aromatic N) is 3. The Bertz CT molecular complexity index is 505. The lowest BCUT2D eigenvalue weighted by Crippen LogP contribution is -2.49. The van der Waals surface area contributed by atoms with Gasteiger partial charge in [0.2, 0.25) is 0 Å². The average molecular weight is 273 g/mol. The van der Waals surface area contributed by atoms with Crippen LogP contribution < -0.4 is 0 Å². The average Bonchev–Trinajstić information content (AvgIpc) is 2.85. The molecule has 4 aliphatic carbocycles. The number of hydrogen-bond donors (Lipinski definition) is 0. The van der Waals surface area contributed by atoms with E-state index in [1.165, 1.54) is 32.1 Å². The van der Waals surface area contributed by atoms with Gasteiger partial charge in [-0.15, -0.1) is 0 Å². The Hall–Kier alpha value is -1.41. The topological polar surface area (TPSA) is 71.9 Å². The van der Waals surface area contributed by atoms with E-state index in [-0.39, 0.29) is 6.42 Å². The van der Waals surface area contributed by atoms with E-state index < -0.39 is 0 Å². The van der Waals surface area contributed by atoms with Crippen molar-refractivity contribution in [2.45, 2.75) is 51.2 Å². The molecule has 0 amide bonds. The molecule has 0 spiro atoms. The lowest BCUT2D eigenvalue weighted by atomic mass is 9.55. The summed E-state index contributed by atoms with van der Waals surface area (Å²) < 4.78 is 11.2. The third-order valence-corrected chi connectivity index (χ3v) is 5.29. The molecule has 1 aromatic rings. The molecule has 1 aromatic heterocycles. The van der Waals surface area contributed by atoms with Crippen LogP contribution in [0, 0.1) is 35.0 Å². The first-order chi connectivity index (χ1) is 9.81. The summed E-state index contributed by atoms with van der Waals surface area (Å²) in [6, 6.07) is 2.02. The van der Waals surface area contributed by atoms with Gasteiger partial charge in [-0.3, -0.25) is 0 Å². The molecule has 0 saturated heterocycles. The Balaban J connectivity index is 1.38. The Kier molecular flexibility index (Phi) is 2.99. The van der Waals surface area contributed by atoms with Gasteiger partial charge in [-0.05, 0) is 55.8 Å². The molecule has 5 rings (SSSR count). The fourth-order valence-electron chi connectivity index (χ4n) is 4.81. The number of rotatable bonds is 4. The molecule has 5 nitrogen and oxygen atoms in total. The number of nitriles is 1. The zero-order valence-corrected chi connectivity index (χ0v) is 11.5. The normalized spacial score (nSPS) is 38.0. The van der Waals surface area contributed by atoms with Crippen LogP contribution in [0.15, 0.2) is 4.52 Å². The van der Waals surface area contributed by atoms with E-state index in [1.807, 2.05) is 6.07 Å². The van der Waals surface area contributed by atoms with Crippen molar-refractivity contribution < 1.29 is 9.26 Å². The molecule has 106 valence electrons. The van der Waals surface area contributed by atoms with E-state index in [1.54, 1.807) is 0 Å². The van der Waals surface area contributed by atoms with Gasteiger partial charge in [-0.1, -0.05) is 5.16 Å². The highest BCUT2D eigenvalue weighted by molar-refractivity contribution is 4.99. The Morgan fingerprint density at radius 2 is 1.85 bits per heavy atom. The van der Waals surface area contributed by atoms with Gasteiger partial charge >= 0.3 is 0 Å².